The van der Waals surface area contributed by atoms with Crippen molar-refractivity contribution in [2.45, 2.75) is 0 Å². The van der Waals surface area contributed by atoms with Gasteiger partial charge in [-0.05, 0) is 0 Å². The van der Waals surface area contributed by atoms with Gasteiger partial charge in [0.25, 0.3) is 0 Å². The van der Waals surface area contributed by atoms with Gasteiger partial charge in [-0.25, -0.2) is 0 Å². The van der Waals surface area contributed by atoms with Crippen molar-refractivity contribution in [3.63, 3.8) is 0 Å². The van der Waals surface area contributed by atoms with Crippen LogP contribution in [0.3, 0.4) is 0 Å². The fourth-order valence-corrected chi connectivity index (χ4v) is 0. The molecule has 5 heteroatoms. The molecule has 0 heterocycles. The molecule has 0 fully saturated rings. The Morgan fingerprint density at radius 2 is 1.00 bits per heavy atom. The summed E-state index contributed by atoms with van der Waals surface area (Å²) in [6.07, 6.45) is 0. The number of rotatable bonds is 0. The molecule has 0 radical (unpaired) electrons. The van der Waals surface area contributed by atoms with E-state index in [4.69, 9.17) is 12.3 Å². The minimum absolute atomic E-state index is 0. The van der Waals surface area contributed by atoms with Gasteiger partial charge in [0.2, 0.25) is 0 Å². The van der Waals surface area contributed by atoms with Crippen molar-refractivity contribution in [3.05, 3.63) is 0 Å². The SMILES string of the molecule is [Hg+3].[O-][As]([O-])[O-]. The van der Waals surface area contributed by atoms with Gasteiger partial charge in [-0.3, -0.25) is 0 Å². The zero-order valence-corrected chi connectivity index (χ0v) is 9.75. The van der Waals surface area contributed by atoms with Gasteiger partial charge >= 0.3 is 55.6 Å². The summed E-state index contributed by atoms with van der Waals surface area (Å²) in [5, 5.41) is 0. The summed E-state index contributed by atoms with van der Waals surface area (Å²) in [6, 6.07) is 0. The van der Waals surface area contributed by atoms with Crippen LogP contribution in [-0.4, -0.2) is 15.7 Å². The average Bonchev–Trinajstić information content (AvgIpc) is 0.811. The first-order chi connectivity index (χ1) is 1.73. The van der Waals surface area contributed by atoms with Crippen LogP contribution in [0.4, 0.5) is 0 Å². The summed E-state index contributed by atoms with van der Waals surface area (Å²) >= 11 is -3.94. The molecule has 0 aromatic heterocycles. The first-order valence-electron chi connectivity index (χ1n) is 0.548. The molecule has 0 spiro atoms. The molecule has 0 aliphatic rings. The van der Waals surface area contributed by atoms with Gasteiger partial charge in [0.05, 0.1) is 0 Å². The van der Waals surface area contributed by atoms with Crippen LogP contribution in [0, 0.1) is 0 Å². The van der Waals surface area contributed by atoms with Crippen molar-refractivity contribution in [1.82, 2.24) is 0 Å². The summed E-state index contributed by atoms with van der Waals surface area (Å²) in [6.45, 7) is 0. The topological polar surface area (TPSA) is 69.2 Å². The Bertz CT molecular complexity index is 11.6. The molecule has 0 bridgehead atoms. The van der Waals surface area contributed by atoms with Crippen molar-refractivity contribution >= 4 is 15.7 Å². The van der Waals surface area contributed by atoms with Gasteiger partial charge < -0.3 is 0 Å². The maximum absolute atomic E-state index is 8.56. The van der Waals surface area contributed by atoms with E-state index in [0.29, 0.717) is 0 Å². The van der Waals surface area contributed by atoms with E-state index in [1.165, 1.54) is 0 Å². The summed E-state index contributed by atoms with van der Waals surface area (Å²) in [4.78, 5) is 0. The first kappa shape index (κ1) is 9.62. The van der Waals surface area contributed by atoms with Gasteiger partial charge in [-0.1, -0.05) is 0 Å². The Labute approximate surface area is 55.5 Å². The Kier molecular flexibility index (Phi) is 10.3. The van der Waals surface area contributed by atoms with Gasteiger partial charge in [0.15, 0.2) is 0 Å². The minimum atomic E-state index is -3.94. The molecule has 0 amide bonds. The van der Waals surface area contributed by atoms with Crippen molar-refractivity contribution in [1.29, 1.82) is 0 Å². The molecular formula is AsHgO3. The quantitative estimate of drug-likeness (QED) is 0.427. The summed E-state index contributed by atoms with van der Waals surface area (Å²) in [5.41, 5.74) is 0. The standard InChI is InChI=1S/AsO3.Hg/c2-1(3)4;/q-3;+3. The van der Waals surface area contributed by atoms with E-state index in [-0.39, 0.29) is 27.7 Å². The fourth-order valence-electron chi connectivity index (χ4n) is 0. The van der Waals surface area contributed by atoms with Crippen LogP contribution in [0.2, 0.25) is 0 Å². The van der Waals surface area contributed by atoms with Crippen LogP contribution in [0.1, 0.15) is 0 Å². The second-order valence-electron chi connectivity index (χ2n) is 0.224. The van der Waals surface area contributed by atoms with E-state index in [1.807, 2.05) is 0 Å². The van der Waals surface area contributed by atoms with Crippen molar-refractivity contribution in [2.24, 2.45) is 0 Å². The molecule has 0 N–H and O–H groups in total. The molecule has 5 heavy (non-hydrogen) atoms. The third-order valence-electron chi connectivity index (χ3n) is 0. The molecule has 3 nitrogen and oxygen atoms in total. The molecule has 0 saturated heterocycles. The molecule has 0 aliphatic heterocycles. The first-order valence-corrected chi connectivity index (χ1v) is 2.85. The zero-order valence-electron chi connectivity index (χ0n) is 2.38. The average molecular weight is 324 g/mol. The van der Waals surface area contributed by atoms with Crippen molar-refractivity contribution in [3.8, 4) is 0 Å². The molecule has 0 aromatic carbocycles. The second kappa shape index (κ2) is 5.37. The van der Waals surface area contributed by atoms with E-state index in [9.17, 15) is 0 Å². The summed E-state index contributed by atoms with van der Waals surface area (Å²) in [7, 11) is 0. The number of hydrogen-bond acceptors (Lipinski definition) is 3. The van der Waals surface area contributed by atoms with Gasteiger partial charge in [0.1, 0.15) is 0 Å². The third kappa shape index (κ3) is 32.4. The molecule has 0 aromatic rings. The molecule has 0 rings (SSSR count). The van der Waals surface area contributed by atoms with E-state index in [1.54, 1.807) is 0 Å². The molecule has 0 saturated carbocycles. The van der Waals surface area contributed by atoms with Crippen molar-refractivity contribution < 1.29 is 40.0 Å². The Balaban J connectivity index is 0. The van der Waals surface area contributed by atoms with E-state index < -0.39 is 15.7 Å². The molecular weight excluding hydrogens is 324 g/mol. The second-order valence-corrected chi connectivity index (χ2v) is 1.16. The predicted molar refractivity (Wildman–Crippen MR) is 5.75 cm³/mol. The molecule has 0 unspecified atom stereocenters. The maximum atomic E-state index is 8.56. The predicted octanol–water partition coefficient (Wildman–Crippen LogP) is -3.95. The van der Waals surface area contributed by atoms with Crippen LogP contribution >= 0.6 is 0 Å². The Morgan fingerprint density at radius 3 is 1.00 bits per heavy atom. The molecule has 0 aliphatic carbocycles. The molecule has 0 atom stereocenters. The van der Waals surface area contributed by atoms with Gasteiger partial charge in [-0.2, -0.15) is 0 Å². The van der Waals surface area contributed by atoms with Crippen LogP contribution in [-0.2, 0) is 27.7 Å². The number of hydrogen-bond donors (Lipinski definition) is 0. The Morgan fingerprint density at radius 1 is 1.00 bits per heavy atom. The fraction of sp³-hybridized carbons (Fsp3) is 0. The summed E-state index contributed by atoms with van der Waals surface area (Å²) < 4.78 is 25.7. The zero-order chi connectivity index (χ0) is 3.58. The monoisotopic (exact) mass is 325 g/mol. The third-order valence-corrected chi connectivity index (χ3v) is 0. The summed E-state index contributed by atoms with van der Waals surface area (Å²) in [5.74, 6) is 0. The Hall–Kier alpha value is 1.37. The van der Waals surface area contributed by atoms with E-state index >= 15 is 0 Å². The normalized spacial score (nSPS) is 7.20. The van der Waals surface area contributed by atoms with Crippen LogP contribution < -0.4 is 12.3 Å². The van der Waals surface area contributed by atoms with E-state index in [0.717, 1.165) is 0 Å². The van der Waals surface area contributed by atoms with Crippen molar-refractivity contribution in [2.75, 3.05) is 0 Å². The molecule has 25 valence electrons. The van der Waals surface area contributed by atoms with Crippen LogP contribution in [0.25, 0.3) is 0 Å². The van der Waals surface area contributed by atoms with E-state index in [2.05, 4.69) is 0 Å². The van der Waals surface area contributed by atoms with Crippen LogP contribution in [0.5, 0.6) is 0 Å². The van der Waals surface area contributed by atoms with Gasteiger partial charge in [0, 0.05) is 0 Å². The van der Waals surface area contributed by atoms with Crippen LogP contribution in [0.15, 0.2) is 0 Å². The van der Waals surface area contributed by atoms with Gasteiger partial charge in [-0.15, -0.1) is 0 Å².